The molecule has 0 bridgehead atoms. The van der Waals surface area contributed by atoms with E-state index >= 15 is 0 Å². The summed E-state index contributed by atoms with van der Waals surface area (Å²) in [6, 6.07) is 8.73. The van der Waals surface area contributed by atoms with E-state index in [9.17, 15) is 0 Å². The SMILES string of the molecule is CCNc1cc(C2CC2)nc(Cc2ccc(C)c(C)c2)n1. The smallest absolute Gasteiger partial charge is 0.135 e. The van der Waals surface area contributed by atoms with Crippen LogP contribution in [-0.2, 0) is 6.42 Å². The summed E-state index contributed by atoms with van der Waals surface area (Å²) in [6.07, 6.45) is 3.34. The third-order valence-corrected chi connectivity index (χ3v) is 4.08. The Labute approximate surface area is 126 Å². The molecule has 3 nitrogen and oxygen atoms in total. The first-order valence-corrected chi connectivity index (χ1v) is 7.83. The maximum absolute atomic E-state index is 4.77. The highest BCUT2D eigenvalue weighted by atomic mass is 15.0. The van der Waals surface area contributed by atoms with Crippen molar-refractivity contribution in [1.29, 1.82) is 0 Å². The lowest BCUT2D eigenvalue weighted by atomic mass is 10.0. The van der Waals surface area contributed by atoms with E-state index < -0.39 is 0 Å². The van der Waals surface area contributed by atoms with Gasteiger partial charge in [0.2, 0.25) is 0 Å². The molecule has 3 heteroatoms. The van der Waals surface area contributed by atoms with Crippen LogP contribution in [0.4, 0.5) is 5.82 Å². The zero-order valence-electron chi connectivity index (χ0n) is 13.1. The van der Waals surface area contributed by atoms with E-state index in [1.807, 2.05) is 0 Å². The molecule has 1 saturated carbocycles. The Bertz CT molecular complexity index is 645. The lowest BCUT2D eigenvalue weighted by molar-refractivity contribution is 0.897. The van der Waals surface area contributed by atoms with Crippen molar-refractivity contribution >= 4 is 5.82 Å². The number of aromatic nitrogens is 2. The fourth-order valence-corrected chi connectivity index (χ4v) is 2.55. The van der Waals surface area contributed by atoms with E-state index in [0.717, 1.165) is 24.6 Å². The highest BCUT2D eigenvalue weighted by Crippen LogP contribution is 2.39. The lowest BCUT2D eigenvalue weighted by Crippen LogP contribution is -2.06. The van der Waals surface area contributed by atoms with Crippen molar-refractivity contribution in [2.45, 2.75) is 46.0 Å². The molecule has 0 aliphatic heterocycles. The molecular formula is C18H23N3. The molecular weight excluding hydrogens is 258 g/mol. The predicted molar refractivity (Wildman–Crippen MR) is 86.9 cm³/mol. The van der Waals surface area contributed by atoms with Gasteiger partial charge in [0.1, 0.15) is 11.6 Å². The van der Waals surface area contributed by atoms with Gasteiger partial charge in [0, 0.05) is 30.6 Å². The third kappa shape index (κ3) is 3.41. The maximum atomic E-state index is 4.77. The lowest BCUT2D eigenvalue weighted by Gasteiger charge is -2.09. The van der Waals surface area contributed by atoms with Gasteiger partial charge in [0.15, 0.2) is 0 Å². The number of aryl methyl sites for hydroxylation is 2. The highest BCUT2D eigenvalue weighted by molar-refractivity contribution is 5.39. The number of nitrogens with zero attached hydrogens (tertiary/aromatic N) is 2. The first-order valence-electron chi connectivity index (χ1n) is 7.83. The number of nitrogens with one attached hydrogen (secondary N) is 1. The zero-order valence-corrected chi connectivity index (χ0v) is 13.1. The fourth-order valence-electron chi connectivity index (χ4n) is 2.55. The van der Waals surface area contributed by atoms with Gasteiger partial charge in [-0.15, -0.1) is 0 Å². The minimum Gasteiger partial charge on any atom is -0.370 e. The minimum absolute atomic E-state index is 0.656. The topological polar surface area (TPSA) is 37.8 Å². The van der Waals surface area contributed by atoms with Crippen molar-refractivity contribution < 1.29 is 0 Å². The molecule has 0 spiro atoms. The molecule has 1 aliphatic carbocycles. The van der Waals surface area contributed by atoms with Gasteiger partial charge >= 0.3 is 0 Å². The van der Waals surface area contributed by atoms with E-state index in [1.54, 1.807) is 0 Å². The molecule has 3 rings (SSSR count). The number of hydrogen-bond donors (Lipinski definition) is 1. The van der Waals surface area contributed by atoms with Gasteiger partial charge < -0.3 is 5.32 Å². The molecule has 0 amide bonds. The Hall–Kier alpha value is -1.90. The van der Waals surface area contributed by atoms with Crippen LogP contribution in [0, 0.1) is 13.8 Å². The van der Waals surface area contributed by atoms with E-state index in [4.69, 9.17) is 4.98 Å². The minimum atomic E-state index is 0.656. The van der Waals surface area contributed by atoms with E-state index in [-0.39, 0.29) is 0 Å². The second-order valence-corrected chi connectivity index (χ2v) is 5.99. The van der Waals surface area contributed by atoms with Crippen LogP contribution in [0.15, 0.2) is 24.3 Å². The van der Waals surface area contributed by atoms with Gasteiger partial charge in [-0.25, -0.2) is 9.97 Å². The molecule has 0 atom stereocenters. The van der Waals surface area contributed by atoms with Crippen molar-refractivity contribution in [1.82, 2.24) is 9.97 Å². The second-order valence-electron chi connectivity index (χ2n) is 5.99. The molecule has 1 aromatic carbocycles. The Balaban J connectivity index is 1.87. The number of benzene rings is 1. The van der Waals surface area contributed by atoms with Crippen molar-refractivity contribution in [3.63, 3.8) is 0 Å². The molecule has 110 valence electrons. The van der Waals surface area contributed by atoms with Gasteiger partial charge in [-0.05, 0) is 50.3 Å². The van der Waals surface area contributed by atoms with Gasteiger partial charge in [0.05, 0.1) is 0 Å². The second kappa shape index (κ2) is 5.84. The Morgan fingerprint density at radius 3 is 2.57 bits per heavy atom. The number of rotatable bonds is 5. The highest BCUT2D eigenvalue weighted by Gasteiger charge is 2.26. The summed E-state index contributed by atoms with van der Waals surface area (Å²) in [5, 5.41) is 3.33. The van der Waals surface area contributed by atoms with Gasteiger partial charge in [-0.2, -0.15) is 0 Å². The summed E-state index contributed by atoms with van der Waals surface area (Å²) >= 11 is 0. The monoisotopic (exact) mass is 281 g/mol. The zero-order chi connectivity index (χ0) is 14.8. The van der Waals surface area contributed by atoms with Gasteiger partial charge in [-0.1, -0.05) is 18.2 Å². The molecule has 1 N–H and O–H groups in total. The summed E-state index contributed by atoms with van der Waals surface area (Å²) in [4.78, 5) is 9.43. The molecule has 0 unspecified atom stereocenters. The number of anilines is 1. The largest absolute Gasteiger partial charge is 0.370 e. The van der Waals surface area contributed by atoms with Gasteiger partial charge in [0.25, 0.3) is 0 Å². The summed E-state index contributed by atoms with van der Waals surface area (Å²) in [5.74, 6) is 2.55. The van der Waals surface area contributed by atoms with Crippen molar-refractivity contribution in [2.24, 2.45) is 0 Å². The molecule has 1 fully saturated rings. The van der Waals surface area contributed by atoms with Crippen LogP contribution < -0.4 is 5.32 Å². The first kappa shape index (κ1) is 14.1. The molecule has 21 heavy (non-hydrogen) atoms. The van der Waals surface area contributed by atoms with Crippen LogP contribution in [-0.4, -0.2) is 16.5 Å². The molecule has 1 heterocycles. The maximum Gasteiger partial charge on any atom is 0.135 e. The quantitative estimate of drug-likeness (QED) is 0.900. The van der Waals surface area contributed by atoms with Crippen LogP contribution in [0.5, 0.6) is 0 Å². The average molecular weight is 281 g/mol. The van der Waals surface area contributed by atoms with Gasteiger partial charge in [-0.3, -0.25) is 0 Å². The standard InChI is InChI=1S/C18H23N3/c1-4-19-17-11-16(15-7-8-15)20-18(21-17)10-14-6-5-12(2)13(3)9-14/h5-6,9,11,15H,4,7-8,10H2,1-3H3,(H,19,20,21). The summed E-state index contributed by atoms with van der Waals surface area (Å²) in [6.45, 7) is 7.29. The Kier molecular flexibility index (Phi) is 3.91. The Morgan fingerprint density at radius 2 is 1.90 bits per heavy atom. The van der Waals surface area contributed by atoms with Crippen molar-refractivity contribution in [3.8, 4) is 0 Å². The Morgan fingerprint density at radius 1 is 1.10 bits per heavy atom. The van der Waals surface area contributed by atoms with Crippen molar-refractivity contribution in [2.75, 3.05) is 11.9 Å². The van der Waals surface area contributed by atoms with Crippen LogP contribution in [0.2, 0.25) is 0 Å². The van der Waals surface area contributed by atoms with E-state index in [2.05, 4.69) is 55.3 Å². The normalized spacial score (nSPS) is 14.2. The molecule has 1 aromatic heterocycles. The predicted octanol–water partition coefficient (Wildman–Crippen LogP) is 3.99. The first-order chi connectivity index (χ1) is 10.2. The molecule has 2 aromatic rings. The van der Waals surface area contributed by atoms with Crippen molar-refractivity contribution in [3.05, 3.63) is 52.5 Å². The van der Waals surface area contributed by atoms with Crippen LogP contribution >= 0.6 is 0 Å². The van der Waals surface area contributed by atoms with E-state index in [1.165, 1.54) is 35.2 Å². The van der Waals surface area contributed by atoms with Crippen LogP contribution in [0.3, 0.4) is 0 Å². The fraction of sp³-hybridized carbons (Fsp3) is 0.444. The summed E-state index contributed by atoms with van der Waals surface area (Å²) < 4.78 is 0. The molecule has 1 aliphatic rings. The molecule has 0 saturated heterocycles. The summed E-state index contributed by atoms with van der Waals surface area (Å²) in [7, 11) is 0. The van der Waals surface area contributed by atoms with Crippen LogP contribution in [0.25, 0.3) is 0 Å². The van der Waals surface area contributed by atoms with Crippen LogP contribution in [0.1, 0.15) is 53.9 Å². The summed E-state index contributed by atoms with van der Waals surface area (Å²) in [5.41, 5.74) is 5.16. The third-order valence-electron chi connectivity index (χ3n) is 4.08. The van der Waals surface area contributed by atoms with E-state index in [0.29, 0.717) is 5.92 Å². The molecule has 0 radical (unpaired) electrons. The number of hydrogen-bond acceptors (Lipinski definition) is 3. The average Bonchev–Trinajstić information content (AvgIpc) is 3.28.